The maximum atomic E-state index is 12.5. The van der Waals surface area contributed by atoms with Gasteiger partial charge < -0.3 is 15.5 Å². The van der Waals surface area contributed by atoms with E-state index >= 15 is 0 Å². The molecule has 1 aliphatic heterocycles. The highest BCUT2D eigenvalue weighted by Crippen LogP contribution is 2.32. The first-order valence-electron chi connectivity index (χ1n) is 8.31. The van der Waals surface area contributed by atoms with Crippen molar-refractivity contribution < 1.29 is 35.9 Å². The van der Waals surface area contributed by atoms with E-state index in [2.05, 4.69) is 10.6 Å². The molecule has 0 radical (unpaired) electrons. The van der Waals surface area contributed by atoms with Crippen LogP contribution in [0.15, 0.2) is 23.9 Å². The zero-order valence-corrected chi connectivity index (χ0v) is 14.2. The number of halogens is 6. The molecule has 0 aromatic rings. The molecule has 27 heavy (non-hydrogen) atoms. The van der Waals surface area contributed by atoms with Gasteiger partial charge in [0, 0.05) is 24.8 Å². The molecule has 152 valence electrons. The Kier molecular flexibility index (Phi) is 6.42. The SMILES string of the molecule is O=C(NC1=CCC(C(F)(F)F)C=C1)NC1CCN(C(=O)CC(F)(F)F)CC1. The predicted octanol–water partition coefficient (Wildman–Crippen LogP) is 3.25. The number of hydrogen-bond donors (Lipinski definition) is 2. The number of alkyl halides is 6. The monoisotopic (exact) mass is 399 g/mol. The summed E-state index contributed by atoms with van der Waals surface area (Å²) in [6.07, 6.45) is -6.66. The van der Waals surface area contributed by atoms with Crippen LogP contribution in [0.2, 0.25) is 0 Å². The van der Waals surface area contributed by atoms with Gasteiger partial charge in [0.05, 0.1) is 5.92 Å². The van der Waals surface area contributed by atoms with E-state index in [0.717, 1.165) is 11.0 Å². The minimum Gasteiger partial charge on any atom is -0.342 e. The predicted molar refractivity (Wildman–Crippen MR) is 83.3 cm³/mol. The quantitative estimate of drug-likeness (QED) is 0.716. The zero-order chi connectivity index (χ0) is 20.2. The Morgan fingerprint density at radius 2 is 1.74 bits per heavy atom. The van der Waals surface area contributed by atoms with Crippen molar-refractivity contribution in [2.75, 3.05) is 13.1 Å². The lowest BCUT2D eigenvalue weighted by Crippen LogP contribution is -2.49. The molecule has 5 nitrogen and oxygen atoms in total. The molecule has 3 amide bonds. The van der Waals surface area contributed by atoms with Gasteiger partial charge in [-0.05, 0) is 25.3 Å². The van der Waals surface area contributed by atoms with Crippen molar-refractivity contribution in [1.82, 2.24) is 15.5 Å². The highest BCUT2D eigenvalue weighted by Gasteiger charge is 2.38. The number of allylic oxidation sites excluding steroid dienone is 3. The van der Waals surface area contributed by atoms with Crippen LogP contribution in [-0.2, 0) is 4.79 Å². The van der Waals surface area contributed by atoms with Crippen molar-refractivity contribution in [3.63, 3.8) is 0 Å². The molecule has 2 aliphatic rings. The molecule has 2 rings (SSSR count). The van der Waals surface area contributed by atoms with E-state index in [1.807, 2.05) is 0 Å². The molecule has 11 heteroatoms. The molecule has 1 aliphatic carbocycles. The van der Waals surface area contributed by atoms with Gasteiger partial charge in [-0.25, -0.2) is 4.79 Å². The summed E-state index contributed by atoms with van der Waals surface area (Å²) in [5.74, 6) is -2.58. The van der Waals surface area contributed by atoms with E-state index in [4.69, 9.17) is 0 Å². The molecule has 1 atom stereocenters. The Hall–Kier alpha value is -2.20. The second-order valence-electron chi connectivity index (χ2n) is 6.45. The zero-order valence-electron chi connectivity index (χ0n) is 14.2. The second-order valence-corrected chi connectivity index (χ2v) is 6.45. The first-order valence-corrected chi connectivity index (χ1v) is 8.31. The maximum absolute atomic E-state index is 12.5. The molecule has 0 aromatic heterocycles. The van der Waals surface area contributed by atoms with Gasteiger partial charge in [0.15, 0.2) is 0 Å². The third kappa shape index (κ3) is 6.79. The highest BCUT2D eigenvalue weighted by atomic mass is 19.4. The van der Waals surface area contributed by atoms with E-state index in [1.54, 1.807) is 0 Å². The van der Waals surface area contributed by atoms with E-state index in [1.165, 1.54) is 12.2 Å². The van der Waals surface area contributed by atoms with Crippen LogP contribution in [0.5, 0.6) is 0 Å². The molecule has 0 spiro atoms. The standard InChI is InChI=1S/C16H19F6N3O2/c17-15(18,19)9-13(26)25-7-5-12(6-8-25)24-14(27)23-11-3-1-10(2-4-11)16(20,21)22/h1,3-4,10,12H,2,5-9H2,(H2,23,24,27). The number of urea groups is 1. The van der Waals surface area contributed by atoms with Gasteiger partial charge in [-0.1, -0.05) is 12.2 Å². The fraction of sp³-hybridized carbons (Fsp3) is 0.625. The third-order valence-corrected chi connectivity index (χ3v) is 4.31. The smallest absolute Gasteiger partial charge is 0.342 e. The number of likely N-dealkylation sites (tertiary alicyclic amines) is 1. The fourth-order valence-corrected chi connectivity index (χ4v) is 2.86. The molecule has 0 bridgehead atoms. The lowest BCUT2D eigenvalue weighted by molar-refractivity contribution is -0.162. The molecule has 1 unspecified atom stereocenters. The first kappa shape index (κ1) is 21.1. The molecule has 2 N–H and O–H groups in total. The van der Waals surface area contributed by atoms with E-state index in [0.29, 0.717) is 12.8 Å². The Labute approximate surface area is 151 Å². The summed E-state index contributed by atoms with van der Waals surface area (Å²) in [4.78, 5) is 24.5. The Morgan fingerprint density at radius 1 is 1.11 bits per heavy atom. The first-order chi connectivity index (χ1) is 12.4. The van der Waals surface area contributed by atoms with Gasteiger partial charge in [-0.2, -0.15) is 26.3 Å². The van der Waals surface area contributed by atoms with E-state index in [9.17, 15) is 35.9 Å². The van der Waals surface area contributed by atoms with Crippen LogP contribution in [0.4, 0.5) is 31.1 Å². The summed E-state index contributed by atoms with van der Waals surface area (Å²) in [7, 11) is 0. The minimum absolute atomic E-state index is 0.0930. The van der Waals surface area contributed by atoms with Gasteiger partial charge in [-0.15, -0.1) is 0 Å². The molecule has 0 aromatic carbocycles. The largest absolute Gasteiger partial charge is 0.397 e. The van der Waals surface area contributed by atoms with Crippen LogP contribution in [0.3, 0.4) is 0 Å². The van der Waals surface area contributed by atoms with E-state index in [-0.39, 0.29) is 31.2 Å². The molecular formula is C16H19F6N3O2. The Morgan fingerprint density at radius 3 is 2.22 bits per heavy atom. The summed E-state index contributed by atoms with van der Waals surface area (Å²) in [6, 6.07) is -0.951. The summed E-state index contributed by atoms with van der Waals surface area (Å²) in [6.45, 7) is 0.186. The van der Waals surface area contributed by atoms with Gasteiger partial charge in [0.1, 0.15) is 6.42 Å². The molecule has 1 heterocycles. The average Bonchev–Trinajstić information content (AvgIpc) is 2.53. The van der Waals surface area contributed by atoms with Gasteiger partial charge in [-0.3, -0.25) is 4.79 Å². The lowest BCUT2D eigenvalue weighted by Gasteiger charge is -2.32. The normalized spacial score (nSPS) is 21.6. The van der Waals surface area contributed by atoms with Crippen LogP contribution < -0.4 is 10.6 Å². The fourth-order valence-electron chi connectivity index (χ4n) is 2.86. The van der Waals surface area contributed by atoms with Crippen molar-refractivity contribution in [3.05, 3.63) is 23.9 Å². The highest BCUT2D eigenvalue weighted by molar-refractivity contribution is 5.78. The lowest BCUT2D eigenvalue weighted by atomic mass is 9.99. The summed E-state index contributed by atoms with van der Waals surface area (Å²) in [5.41, 5.74) is 0.241. The van der Waals surface area contributed by atoms with Gasteiger partial charge >= 0.3 is 18.4 Å². The molecule has 1 saturated heterocycles. The number of nitrogens with one attached hydrogen (secondary N) is 2. The van der Waals surface area contributed by atoms with Crippen LogP contribution >= 0.6 is 0 Å². The number of amides is 3. The van der Waals surface area contributed by atoms with Crippen molar-refractivity contribution in [3.8, 4) is 0 Å². The summed E-state index contributed by atoms with van der Waals surface area (Å²) in [5, 5.41) is 5.04. The number of rotatable bonds is 3. The number of carbonyl (C=O) groups excluding carboxylic acids is 2. The summed E-state index contributed by atoms with van der Waals surface area (Å²) >= 11 is 0. The maximum Gasteiger partial charge on any atom is 0.397 e. The Bertz CT molecular complexity index is 619. The third-order valence-electron chi connectivity index (χ3n) is 4.31. The van der Waals surface area contributed by atoms with Gasteiger partial charge in [0.2, 0.25) is 5.91 Å². The van der Waals surface area contributed by atoms with Crippen molar-refractivity contribution in [1.29, 1.82) is 0 Å². The van der Waals surface area contributed by atoms with Crippen LogP contribution in [-0.4, -0.2) is 48.3 Å². The van der Waals surface area contributed by atoms with E-state index < -0.39 is 36.6 Å². The number of nitrogens with zero attached hydrogens (tertiary/aromatic N) is 1. The van der Waals surface area contributed by atoms with Crippen molar-refractivity contribution >= 4 is 11.9 Å². The molecular weight excluding hydrogens is 380 g/mol. The minimum atomic E-state index is -4.56. The molecule has 1 fully saturated rings. The molecule has 0 saturated carbocycles. The summed E-state index contributed by atoms with van der Waals surface area (Å²) < 4.78 is 74.4. The topological polar surface area (TPSA) is 61.4 Å². The van der Waals surface area contributed by atoms with Crippen LogP contribution in [0.1, 0.15) is 25.7 Å². The number of hydrogen-bond acceptors (Lipinski definition) is 2. The van der Waals surface area contributed by atoms with Crippen molar-refractivity contribution in [2.24, 2.45) is 5.92 Å². The van der Waals surface area contributed by atoms with Crippen LogP contribution in [0, 0.1) is 5.92 Å². The van der Waals surface area contributed by atoms with Crippen LogP contribution in [0.25, 0.3) is 0 Å². The number of carbonyl (C=O) groups is 2. The number of piperidine rings is 1. The van der Waals surface area contributed by atoms with Crippen molar-refractivity contribution in [2.45, 2.75) is 44.1 Å². The van der Waals surface area contributed by atoms with Gasteiger partial charge in [0.25, 0.3) is 0 Å². The second kappa shape index (κ2) is 8.22. The Balaban J connectivity index is 1.73. The average molecular weight is 399 g/mol.